The van der Waals surface area contributed by atoms with Gasteiger partial charge in [0.25, 0.3) is 0 Å². The zero-order valence-electron chi connectivity index (χ0n) is 6.06. The molecule has 0 spiro atoms. The van der Waals surface area contributed by atoms with Crippen molar-refractivity contribution in [1.29, 1.82) is 0 Å². The summed E-state index contributed by atoms with van der Waals surface area (Å²) in [6.45, 7) is 0. The molecule has 0 aromatic carbocycles. The van der Waals surface area contributed by atoms with Crippen LogP contribution in [0.15, 0.2) is 0 Å². The van der Waals surface area contributed by atoms with Gasteiger partial charge >= 0.3 is 0 Å². The van der Waals surface area contributed by atoms with Gasteiger partial charge in [-0.1, -0.05) is 12.8 Å². The fourth-order valence-corrected chi connectivity index (χ4v) is 1.72. The van der Waals surface area contributed by atoms with E-state index in [1.165, 1.54) is 0 Å². The highest BCUT2D eigenvalue weighted by atomic mass is 32.2. The van der Waals surface area contributed by atoms with Crippen LogP contribution >= 0.6 is 0 Å². The van der Waals surface area contributed by atoms with Crippen LogP contribution in [0.5, 0.6) is 0 Å². The zero-order chi connectivity index (χ0) is 8.27. The van der Waals surface area contributed by atoms with Gasteiger partial charge in [-0.3, -0.25) is 4.18 Å². The summed E-state index contributed by atoms with van der Waals surface area (Å²) in [5.41, 5.74) is 0. The molecule has 0 aromatic heterocycles. The summed E-state index contributed by atoms with van der Waals surface area (Å²) < 4.78 is 24.6. The molecule has 0 heterocycles. The van der Waals surface area contributed by atoms with Crippen molar-refractivity contribution < 1.29 is 18.1 Å². The Morgan fingerprint density at radius 2 is 2.09 bits per heavy atom. The minimum Gasteiger partial charge on any atom is -0.750 e. The van der Waals surface area contributed by atoms with Gasteiger partial charge in [-0.25, -0.2) is 4.21 Å². The molecular weight excluding hydrogens is 168 g/mol. The van der Waals surface area contributed by atoms with Gasteiger partial charge in [0, 0.05) is 0 Å². The summed E-state index contributed by atoms with van der Waals surface area (Å²) in [6, 6.07) is 0. The van der Waals surface area contributed by atoms with E-state index in [-0.39, 0.29) is 0 Å². The Morgan fingerprint density at radius 3 is 2.64 bits per heavy atom. The van der Waals surface area contributed by atoms with Gasteiger partial charge in [-0.2, -0.15) is 0 Å². The maximum absolute atomic E-state index is 10.1. The molecular formula is C6H11O4S-. The predicted molar refractivity (Wildman–Crippen MR) is 38.3 cm³/mol. The highest BCUT2D eigenvalue weighted by Crippen LogP contribution is 2.21. The maximum atomic E-state index is 10.1. The second-order valence-corrected chi connectivity index (χ2v) is 3.29. The summed E-state index contributed by atoms with van der Waals surface area (Å²) in [5, 5.41) is 9.22. The molecule has 66 valence electrons. The highest BCUT2D eigenvalue weighted by Gasteiger charge is 2.23. The van der Waals surface area contributed by atoms with E-state index in [0.29, 0.717) is 12.8 Å². The summed E-state index contributed by atoms with van der Waals surface area (Å²) in [6.07, 6.45) is 2.03. The minimum atomic E-state index is -2.49. The van der Waals surface area contributed by atoms with Crippen molar-refractivity contribution in [3.8, 4) is 0 Å². The summed E-state index contributed by atoms with van der Waals surface area (Å²) >= 11 is -2.49. The van der Waals surface area contributed by atoms with Gasteiger partial charge in [0.2, 0.25) is 0 Å². The Labute approximate surface area is 68.1 Å². The molecule has 3 unspecified atom stereocenters. The lowest BCUT2D eigenvalue weighted by atomic mass is 9.95. The molecule has 1 N–H and O–H groups in total. The van der Waals surface area contributed by atoms with Crippen LogP contribution in [0, 0.1) is 0 Å². The van der Waals surface area contributed by atoms with Gasteiger partial charge in [0.15, 0.2) is 0 Å². The summed E-state index contributed by atoms with van der Waals surface area (Å²) in [4.78, 5) is 0. The molecule has 3 atom stereocenters. The molecule has 1 rings (SSSR count). The van der Waals surface area contributed by atoms with Crippen molar-refractivity contribution in [1.82, 2.24) is 0 Å². The van der Waals surface area contributed by atoms with Crippen molar-refractivity contribution in [2.75, 3.05) is 0 Å². The number of hydrogen-bond donors (Lipinski definition) is 1. The minimum absolute atomic E-state index is 0.512. The quantitative estimate of drug-likeness (QED) is 0.610. The van der Waals surface area contributed by atoms with Gasteiger partial charge in [-0.15, -0.1) is 0 Å². The van der Waals surface area contributed by atoms with E-state index >= 15 is 0 Å². The third-order valence-electron chi connectivity index (χ3n) is 1.87. The van der Waals surface area contributed by atoms with E-state index in [9.17, 15) is 13.9 Å². The van der Waals surface area contributed by atoms with E-state index in [0.717, 1.165) is 12.8 Å². The molecule has 0 aromatic rings. The van der Waals surface area contributed by atoms with Crippen LogP contribution in [0.3, 0.4) is 0 Å². The van der Waals surface area contributed by atoms with Crippen LogP contribution in [0.25, 0.3) is 0 Å². The first kappa shape index (κ1) is 9.12. The molecule has 1 fully saturated rings. The molecule has 0 amide bonds. The van der Waals surface area contributed by atoms with Crippen LogP contribution in [0.4, 0.5) is 0 Å². The third kappa shape index (κ3) is 2.86. The van der Waals surface area contributed by atoms with Crippen molar-refractivity contribution >= 4 is 11.4 Å². The average molecular weight is 179 g/mol. The number of rotatable bonds is 2. The lowest BCUT2D eigenvalue weighted by Gasteiger charge is -2.27. The topological polar surface area (TPSA) is 69.6 Å². The van der Waals surface area contributed by atoms with E-state index < -0.39 is 23.6 Å². The van der Waals surface area contributed by atoms with Gasteiger partial charge in [-0.05, 0) is 12.8 Å². The van der Waals surface area contributed by atoms with E-state index in [4.69, 9.17) is 0 Å². The molecule has 4 nitrogen and oxygen atoms in total. The zero-order valence-corrected chi connectivity index (χ0v) is 6.88. The van der Waals surface area contributed by atoms with Gasteiger partial charge in [0.1, 0.15) is 0 Å². The van der Waals surface area contributed by atoms with Gasteiger partial charge < -0.3 is 9.66 Å². The monoisotopic (exact) mass is 179 g/mol. The second kappa shape index (κ2) is 4.15. The lowest BCUT2D eigenvalue weighted by molar-refractivity contribution is 0.00907. The second-order valence-electron chi connectivity index (χ2n) is 2.69. The Hall–Kier alpha value is 0.0300. The Balaban J connectivity index is 2.35. The molecule has 0 saturated heterocycles. The van der Waals surface area contributed by atoms with Crippen LogP contribution < -0.4 is 0 Å². The highest BCUT2D eigenvalue weighted by molar-refractivity contribution is 7.74. The lowest BCUT2D eigenvalue weighted by Crippen LogP contribution is -2.32. The standard InChI is InChI=1S/C6H12O4S/c7-5-3-1-2-4-6(5)10-11(8)9/h5-7H,1-4H2,(H,8,9)/p-1. The predicted octanol–water partition coefficient (Wildman–Crippen LogP) is 0.101. The van der Waals surface area contributed by atoms with Crippen molar-refractivity contribution in [2.24, 2.45) is 0 Å². The van der Waals surface area contributed by atoms with Crippen molar-refractivity contribution in [3.05, 3.63) is 0 Å². The van der Waals surface area contributed by atoms with E-state index in [1.807, 2.05) is 0 Å². The van der Waals surface area contributed by atoms with Crippen molar-refractivity contribution in [3.63, 3.8) is 0 Å². The molecule has 1 aliphatic carbocycles. The Morgan fingerprint density at radius 1 is 1.45 bits per heavy atom. The molecule has 0 bridgehead atoms. The number of hydrogen-bond acceptors (Lipinski definition) is 4. The fourth-order valence-electron chi connectivity index (χ4n) is 1.29. The molecule has 0 aliphatic heterocycles. The fraction of sp³-hybridized carbons (Fsp3) is 1.00. The normalized spacial score (nSPS) is 35.1. The molecule has 0 radical (unpaired) electrons. The Kier molecular flexibility index (Phi) is 3.45. The van der Waals surface area contributed by atoms with Crippen LogP contribution in [0.2, 0.25) is 0 Å². The summed E-state index contributed by atoms with van der Waals surface area (Å²) in [5.74, 6) is 0. The maximum Gasteiger partial charge on any atom is 0.0995 e. The summed E-state index contributed by atoms with van der Waals surface area (Å²) in [7, 11) is 0. The van der Waals surface area contributed by atoms with Crippen LogP contribution in [0.1, 0.15) is 25.7 Å². The van der Waals surface area contributed by atoms with Crippen LogP contribution in [-0.2, 0) is 15.5 Å². The molecule has 5 heteroatoms. The first-order valence-electron chi connectivity index (χ1n) is 3.64. The molecule has 1 aliphatic rings. The van der Waals surface area contributed by atoms with E-state index in [2.05, 4.69) is 4.18 Å². The number of aliphatic hydroxyl groups is 1. The van der Waals surface area contributed by atoms with Crippen LogP contribution in [-0.4, -0.2) is 26.1 Å². The molecule has 11 heavy (non-hydrogen) atoms. The third-order valence-corrected chi connectivity index (χ3v) is 2.27. The first-order valence-corrected chi connectivity index (χ1v) is 4.64. The van der Waals surface area contributed by atoms with Crippen molar-refractivity contribution in [2.45, 2.75) is 37.9 Å². The Bertz CT molecular complexity index is 150. The largest absolute Gasteiger partial charge is 0.750 e. The average Bonchev–Trinajstić information content (AvgIpc) is 1.93. The smallest absolute Gasteiger partial charge is 0.0995 e. The molecule has 1 saturated carbocycles. The first-order chi connectivity index (χ1) is 5.20. The van der Waals surface area contributed by atoms with Gasteiger partial charge in [0.05, 0.1) is 23.6 Å². The van der Waals surface area contributed by atoms with E-state index in [1.54, 1.807) is 0 Å². The number of aliphatic hydroxyl groups excluding tert-OH is 1. The SMILES string of the molecule is O=S([O-])OC1CCCCC1O.